The van der Waals surface area contributed by atoms with E-state index in [1.165, 1.54) is 5.56 Å². The smallest absolute Gasteiger partial charge is 0.213 e. The Morgan fingerprint density at radius 3 is 2.21 bits per heavy atom. The highest BCUT2D eigenvalue weighted by Gasteiger charge is 2.45. The molecule has 6 heteroatoms. The predicted octanol–water partition coefficient (Wildman–Crippen LogP) is 7.20. The molecular weight excluding hydrogens is 482 g/mol. The molecule has 0 unspecified atom stereocenters. The van der Waals surface area contributed by atoms with Crippen molar-refractivity contribution in [3.63, 3.8) is 0 Å². The lowest BCUT2D eigenvalue weighted by Crippen LogP contribution is -2.43. The molecule has 0 fully saturated rings. The molecule has 0 saturated heterocycles. The zero-order valence-corrected chi connectivity index (χ0v) is 22.0. The van der Waals surface area contributed by atoms with Gasteiger partial charge in [-0.2, -0.15) is 10.1 Å². The molecule has 0 bridgehead atoms. The molecule has 0 aliphatic carbocycles. The number of nitrogens with zero attached hydrogens (tertiary/aromatic N) is 5. The molecule has 2 aliphatic heterocycles. The van der Waals surface area contributed by atoms with Crippen LogP contribution in [0.4, 0.5) is 17.2 Å². The first-order chi connectivity index (χ1) is 19.2. The van der Waals surface area contributed by atoms with Crippen LogP contribution in [-0.2, 0) is 6.54 Å². The number of hydrogen-bond acceptors (Lipinski definition) is 5. The Morgan fingerprint density at radius 1 is 0.769 bits per heavy atom. The maximum absolute atomic E-state index is 6.19. The van der Waals surface area contributed by atoms with Crippen molar-refractivity contribution in [2.45, 2.75) is 26.4 Å². The summed E-state index contributed by atoms with van der Waals surface area (Å²) in [6, 6.07) is 37.6. The number of para-hydroxylation sites is 4. The van der Waals surface area contributed by atoms with Crippen molar-refractivity contribution in [1.82, 2.24) is 9.78 Å². The van der Waals surface area contributed by atoms with Crippen LogP contribution in [0, 0.1) is 6.92 Å². The van der Waals surface area contributed by atoms with E-state index in [1.54, 1.807) is 0 Å². The van der Waals surface area contributed by atoms with Crippen molar-refractivity contribution in [2.24, 2.45) is 4.99 Å². The van der Waals surface area contributed by atoms with Gasteiger partial charge in [-0.15, -0.1) is 0 Å². The second-order valence-electron chi connectivity index (χ2n) is 9.79. The lowest BCUT2D eigenvalue weighted by Gasteiger charge is -2.35. The molecule has 0 radical (unpaired) electrons. The number of fused-ring (bicyclic) bond motifs is 4. The van der Waals surface area contributed by atoms with Gasteiger partial charge in [0.25, 0.3) is 0 Å². The van der Waals surface area contributed by atoms with Crippen LogP contribution in [0.15, 0.2) is 114 Å². The Morgan fingerprint density at radius 2 is 1.44 bits per heavy atom. The van der Waals surface area contributed by atoms with E-state index in [1.807, 2.05) is 35.9 Å². The molecule has 0 N–H and O–H groups in total. The highest BCUT2D eigenvalue weighted by atomic mass is 16.5. The van der Waals surface area contributed by atoms with Crippen molar-refractivity contribution < 1.29 is 4.74 Å². The lowest BCUT2D eigenvalue weighted by atomic mass is 9.94. The van der Waals surface area contributed by atoms with Crippen LogP contribution in [-0.4, -0.2) is 22.3 Å². The first kappa shape index (κ1) is 23.3. The number of ether oxygens (including phenoxy) is 1. The second kappa shape index (κ2) is 9.48. The van der Waals surface area contributed by atoms with Gasteiger partial charge in [0.15, 0.2) is 5.82 Å². The van der Waals surface area contributed by atoms with Gasteiger partial charge in [-0.25, -0.2) is 4.68 Å². The van der Waals surface area contributed by atoms with Crippen LogP contribution < -0.4 is 14.5 Å². The molecule has 39 heavy (non-hydrogen) atoms. The normalized spacial score (nSPS) is 15.4. The summed E-state index contributed by atoms with van der Waals surface area (Å²) in [5.74, 6) is 2.62. The number of benzene rings is 4. The van der Waals surface area contributed by atoms with E-state index in [0.717, 1.165) is 51.4 Å². The fourth-order valence-corrected chi connectivity index (χ4v) is 5.75. The first-order valence-electron chi connectivity index (χ1n) is 13.4. The van der Waals surface area contributed by atoms with E-state index in [4.69, 9.17) is 14.8 Å². The van der Waals surface area contributed by atoms with Crippen molar-refractivity contribution in [2.75, 3.05) is 16.4 Å². The molecule has 7 rings (SSSR count). The van der Waals surface area contributed by atoms with Crippen LogP contribution in [0.3, 0.4) is 0 Å². The van der Waals surface area contributed by atoms with Gasteiger partial charge in [0.1, 0.15) is 5.75 Å². The molecule has 192 valence electrons. The van der Waals surface area contributed by atoms with Crippen molar-refractivity contribution >= 4 is 23.2 Å². The molecular formula is C33H29N5O. The average Bonchev–Trinajstić information content (AvgIpc) is 3.48. The molecule has 4 aromatic carbocycles. The molecule has 0 saturated carbocycles. The Balaban J connectivity index is 1.50. The number of guanidine groups is 1. The monoisotopic (exact) mass is 511 g/mol. The molecule has 2 aliphatic rings. The molecule has 5 aromatic rings. The predicted molar refractivity (Wildman–Crippen MR) is 156 cm³/mol. The average molecular weight is 512 g/mol. The highest BCUT2D eigenvalue weighted by molar-refractivity contribution is 6.18. The lowest BCUT2D eigenvalue weighted by molar-refractivity contribution is 0.335. The number of aromatic nitrogens is 2. The minimum absolute atomic E-state index is 0.158. The van der Waals surface area contributed by atoms with E-state index >= 15 is 0 Å². The van der Waals surface area contributed by atoms with Crippen LogP contribution >= 0.6 is 0 Å². The standard InChI is InChI=1S/C33H29N5O/c1-3-39-29-21-13-10-18-26(29)31-30-23(2)35-38(25-16-8-5-9-17-25)32(30)34-33-36(22-24-14-6-4-7-15-24)27-19-11-12-20-28(27)37(31)33/h4-21,31H,3,22H2,1-2H3/t31-/m0/s1. The quantitative estimate of drug-likeness (QED) is 0.242. The van der Waals surface area contributed by atoms with Crippen molar-refractivity contribution in [3.8, 4) is 11.4 Å². The zero-order valence-electron chi connectivity index (χ0n) is 22.0. The number of anilines is 2. The highest BCUT2D eigenvalue weighted by Crippen LogP contribution is 2.52. The number of rotatable bonds is 6. The van der Waals surface area contributed by atoms with Crippen LogP contribution in [0.1, 0.15) is 35.3 Å². The zero-order chi connectivity index (χ0) is 26.3. The third-order valence-electron chi connectivity index (χ3n) is 7.41. The van der Waals surface area contributed by atoms with Crippen molar-refractivity contribution in [1.29, 1.82) is 0 Å². The summed E-state index contributed by atoms with van der Waals surface area (Å²) in [6.07, 6.45) is 0. The number of aryl methyl sites for hydroxylation is 1. The van der Waals surface area contributed by atoms with Gasteiger partial charge in [0.2, 0.25) is 5.96 Å². The number of hydrogen-bond donors (Lipinski definition) is 0. The van der Waals surface area contributed by atoms with Crippen LogP contribution in [0.5, 0.6) is 5.75 Å². The van der Waals surface area contributed by atoms with E-state index in [2.05, 4.69) is 102 Å². The summed E-state index contributed by atoms with van der Waals surface area (Å²) in [6.45, 7) is 5.41. The summed E-state index contributed by atoms with van der Waals surface area (Å²) in [7, 11) is 0. The fourth-order valence-electron chi connectivity index (χ4n) is 5.75. The van der Waals surface area contributed by atoms with E-state index < -0.39 is 0 Å². The third kappa shape index (κ3) is 3.79. The van der Waals surface area contributed by atoms with Crippen LogP contribution in [0.2, 0.25) is 0 Å². The van der Waals surface area contributed by atoms with Crippen molar-refractivity contribution in [3.05, 3.63) is 132 Å². The van der Waals surface area contributed by atoms with Gasteiger partial charge < -0.3 is 9.64 Å². The molecule has 1 aromatic heterocycles. The van der Waals surface area contributed by atoms with Gasteiger partial charge in [-0.3, -0.25) is 4.90 Å². The second-order valence-corrected chi connectivity index (χ2v) is 9.79. The minimum Gasteiger partial charge on any atom is -0.494 e. The van der Waals surface area contributed by atoms with Crippen LogP contribution in [0.25, 0.3) is 5.69 Å². The van der Waals surface area contributed by atoms with Gasteiger partial charge in [-0.1, -0.05) is 78.9 Å². The van der Waals surface area contributed by atoms with Gasteiger partial charge in [0.05, 0.1) is 41.9 Å². The summed E-state index contributed by atoms with van der Waals surface area (Å²) >= 11 is 0. The van der Waals surface area contributed by atoms with E-state index in [0.29, 0.717) is 13.2 Å². The summed E-state index contributed by atoms with van der Waals surface area (Å²) in [5.41, 5.74) is 7.61. The summed E-state index contributed by atoms with van der Waals surface area (Å²) < 4.78 is 8.17. The molecule has 0 amide bonds. The maximum Gasteiger partial charge on any atom is 0.213 e. The Kier molecular flexibility index (Phi) is 5.66. The summed E-state index contributed by atoms with van der Waals surface area (Å²) in [5, 5.41) is 5.03. The van der Waals surface area contributed by atoms with Gasteiger partial charge in [-0.05, 0) is 49.7 Å². The molecule has 0 spiro atoms. The SMILES string of the molecule is CCOc1ccccc1[C@H]1c2c(C)nn(-c3ccccc3)c2N=C2N(Cc3ccccc3)c3ccccc3N21. The fraction of sp³-hybridized carbons (Fsp3) is 0.152. The Hall–Kier alpha value is -4.84. The molecule has 6 nitrogen and oxygen atoms in total. The Bertz CT molecular complexity index is 1680. The number of aliphatic imine (C=N–C) groups is 1. The first-order valence-corrected chi connectivity index (χ1v) is 13.4. The summed E-state index contributed by atoms with van der Waals surface area (Å²) in [4.78, 5) is 10.1. The molecule has 3 heterocycles. The van der Waals surface area contributed by atoms with Gasteiger partial charge in [0, 0.05) is 11.1 Å². The maximum atomic E-state index is 6.19. The Labute approximate surface area is 228 Å². The van der Waals surface area contributed by atoms with Gasteiger partial charge >= 0.3 is 0 Å². The van der Waals surface area contributed by atoms with E-state index in [-0.39, 0.29) is 6.04 Å². The minimum atomic E-state index is -0.158. The van der Waals surface area contributed by atoms with E-state index in [9.17, 15) is 0 Å². The molecule has 1 atom stereocenters. The topological polar surface area (TPSA) is 45.9 Å². The third-order valence-corrected chi connectivity index (χ3v) is 7.41. The largest absolute Gasteiger partial charge is 0.494 e.